The minimum atomic E-state index is -1.43. The summed E-state index contributed by atoms with van der Waals surface area (Å²) in [6, 6.07) is 9.20. The van der Waals surface area contributed by atoms with Gasteiger partial charge >= 0.3 is 7.12 Å². The van der Waals surface area contributed by atoms with Gasteiger partial charge in [-0.3, -0.25) is 0 Å². The Kier molecular flexibility index (Phi) is 5.00. The van der Waals surface area contributed by atoms with Crippen LogP contribution < -0.4 is 10.8 Å². The van der Waals surface area contributed by atoms with Crippen LogP contribution in [0.3, 0.4) is 0 Å². The zero-order valence-electron chi connectivity index (χ0n) is 9.22. The van der Waals surface area contributed by atoms with E-state index in [0.29, 0.717) is 18.6 Å². The first kappa shape index (κ1) is 12.7. The van der Waals surface area contributed by atoms with E-state index in [4.69, 9.17) is 15.3 Å². The lowest BCUT2D eigenvalue weighted by Gasteiger charge is -2.07. The predicted molar refractivity (Wildman–Crippen MR) is 62.8 cm³/mol. The molecular formula is C11H15BN2O2. The summed E-state index contributed by atoms with van der Waals surface area (Å²) in [5.41, 5.74) is 1.45. The highest BCUT2D eigenvalue weighted by Gasteiger charge is 2.10. The monoisotopic (exact) mass is 218 g/mol. The number of nitrogens with one attached hydrogen (secondary N) is 1. The molecule has 0 heterocycles. The SMILES string of the molecule is CC(C#N)CNCc1cccc(B(O)O)c1. The van der Waals surface area contributed by atoms with Gasteiger partial charge in [-0.25, -0.2) is 0 Å². The molecule has 3 N–H and O–H groups in total. The molecule has 4 nitrogen and oxygen atoms in total. The summed E-state index contributed by atoms with van der Waals surface area (Å²) in [6.07, 6.45) is 0. The van der Waals surface area contributed by atoms with Crippen molar-refractivity contribution < 1.29 is 10.0 Å². The van der Waals surface area contributed by atoms with Crippen molar-refractivity contribution >= 4 is 12.6 Å². The maximum absolute atomic E-state index is 8.99. The molecule has 84 valence electrons. The summed E-state index contributed by atoms with van der Waals surface area (Å²) in [4.78, 5) is 0. The number of hydrogen-bond donors (Lipinski definition) is 3. The van der Waals surface area contributed by atoms with E-state index in [0.717, 1.165) is 5.56 Å². The maximum atomic E-state index is 8.99. The van der Waals surface area contributed by atoms with E-state index in [-0.39, 0.29) is 5.92 Å². The lowest BCUT2D eigenvalue weighted by Crippen LogP contribution is -2.30. The van der Waals surface area contributed by atoms with Gasteiger partial charge in [0.2, 0.25) is 0 Å². The fourth-order valence-corrected chi connectivity index (χ4v) is 1.34. The van der Waals surface area contributed by atoms with Crippen LogP contribution in [0.5, 0.6) is 0 Å². The molecule has 0 bridgehead atoms. The fourth-order valence-electron chi connectivity index (χ4n) is 1.34. The number of rotatable bonds is 5. The smallest absolute Gasteiger partial charge is 0.423 e. The Hall–Kier alpha value is -1.35. The van der Waals surface area contributed by atoms with Crippen molar-refractivity contribution in [3.05, 3.63) is 29.8 Å². The maximum Gasteiger partial charge on any atom is 0.488 e. The van der Waals surface area contributed by atoms with Gasteiger partial charge in [0.15, 0.2) is 0 Å². The number of benzene rings is 1. The summed E-state index contributed by atoms with van der Waals surface area (Å²) in [5.74, 6) is -0.0217. The molecule has 1 rings (SSSR count). The van der Waals surface area contributed by atoms with Gasteiger partial charge in [0, 0.05) is 13.1 Å². The normalized spacial score (nSPS) is 11.9. The van der Waals surface area contributed by atoms with Crippen LogP contribution in [0, 0.1) is 17.2 Å². The van der Waals surface area contributed by atoms with Crippen molar-refractivity contribution in [2.45, 2.75) is 13.5 Å². The molecule has 0 radical (unpaired) electrons. The first-order valence-electron chi connectivity index (χ1n) is 5.18. The molecule has 0 amide bonds. The summed E-state index contributed by atoms with van der Waals surface area (Å²) in [6.45, 7) is 3.09. The largest absolute Gasteiger partial charge is 0.488 e. The predicted octanol–water partition coefficient (Wildman–Crippen LogP) is -0.384. The average Bonchev–Trinajstić information content (AvgIpc) is 2.29. The second-order valence-corrected chi connectivity index (χ2v) is 3.78. The molecule has 0 aromatic heterocycles. The molecule has 5 heteroatoms. The molecule has 0 aliphatic carbocycles. The van der Waals surface area contributed by atoms with Gasteiger partial charge in [-0.15, -0.1) is 0 Å². The summed E-state index contributed by atoms with van der Waals surface area (Å²) in [7, 11) is -1.43. The van der Waals surface area contributed by atoms with Gasteiger partial charge in [-0.1, -0.05) is 24.3 Å². The summed E-state index contributed by atoms with van der Waals surface area (Å²) < 4.78 is 0. The van der Waals surface area contributed by atoms with Crippen molar-refractivity contribution in [3.8, 4) is 6.07 Å². The van der Waals surface area contributed by atoms with Crippen molar-refractivity contribution in [2.24, 2.45) is 5.92 Å². The molecule has 0 aliphatic rings. The Morgan fingerprint density at radius 3 is 2.88 bits per heavy atom. The molecule has 0 saturated carbocycles. The third-order valence-corrected chi connectivity index (χ3v) is 2.25. The van der Waals surface area contributed by atoms with Crippen LogP contribution >= 0.6 is 0 Å². The molecule has 1 unspecified atom stereocenters. The van der Waals surface area contributed by atoms with Gasteiger partial charge in [0.25, 0.3) is 0 Å². The van der Waals surface area contributed by atoms with Crippen LogP contribution in [-0.4, -0.2) is 23.7 Å². The third-order valence-electron chi connectivity index (χ3n) is 2.25. The van der Waals surface area contributed by atoms with Crippen molar-refractivity contribution in [1.29, 1.82) is 5.26 Å². The zero-order valence-corrected chi connectivity index (χ0v) is 9.22. The highest BCUT2D eigenvalue weighted by atomic mass is 16.4. The molecule has 0 saturated heterocycles. The van der Waals surface area contributed by atoms with Crippen LogP contribution in [0.2, 0.25) is 0 Å². The number of nitrogens with zero attached hydrogens (tertiary/aromatic N) is 1. The minimum Gasteiger partial charge on any atom is -0.423 e. The van der Waals surface area contributed by atoms with Crippen LogP contribution in [0.1, 0.15) is 12.5 Å². The fraction of sp³-hybridized carbons (Fsp3) is 0.364. The van der Waals surface area contributed by atoms with Crippen molar-refractivity contribution in [3.63, 3.8) is 0 Å². The quantitative estimate of drug-likeness (QED) is 0.588. The second kappa shape index (κ2) is 6.28. The highest BCUT2D eigenvalue weighted by molar-refractivity contribution is 6.58. The van der Waals surface area contributed by atoms with Crippen molar-refractivity contribution in [2.75, 3.05) is 6.54 Å². The third kappa shape index (κ3) is 4.03. The minimum absolute atomic E-state index is 0.0217. The van der Waals surface area contributed by atoms with Gasteiger partial charge in [-0.05, 0) is 17.9 Å². The second-order valence-electron chi connectivity index (χ2n) is 3.78. The molecule has 1 atom stereocenters. The van der Waals surface area contributed by atoms with E-state index in [1.165, 1.54) is 0 Å². The molecule has 0 fully saturated rings. The number of nitriles is 1. The van der Waals surface area contributed by atoms with Crippen molar-refractivity contribution in [1.82, 2.24) is 5.32 Å². The molecule has 16 heavy (non-hydrogen) atoms. The first-order chi connectivity index (χ1) is 7.63. The summed E-state index contributed by atoms with van der Waals surface area (Å²) in [5, 5.41) is 29.7. The zero-order chi connectivity index (χ0) is 12.0. The first-order valence-corrected chi connectivity index (χ1v) is 5.18. The molecule has 1 aromatic rings. The van der Waals surface area contributed by atoms with Crippen LogP contribution in [-0.2, 0) is 6.54 Å². The Balaban J connectivity index is 2.48. The van der Waals surface area contributed by atoms with E-state index in [2.05, 4.69) is 11.4 Å². The lowest BCUT2D eigenvalue weighted by molar-refractivity contribution is 0.425. The Bertz CT molecular complexity index is 376. The van der Waals surface area contributed by atoms with Gasteiger partial charge in [-0.2, -0.15) is 5.26 Å². The van der Waals surface area contributed by atoms with Gasteiger partial charge in [0.1, 0.15) is 0 Å². The van der Waals surface area contributed by atoms with E-state index >= 15 is 0 Å². The molecule has 0 spiro atoms. The molecule has 0 aliphatic heterocycles. The van der Waals surface area contributed by atoms with Gasteiger partial charge in [0.05, 0.1) is 12.0 Å². The standard InChI is InChI=1S/C11H15BN2O2/c1-9(6-13)7-14-8-10-3-2-4-11(5-10)12(15)16/h2-5,9,14-16H,7-8H2,1H3. The highest BCUT2D eigenvalue weighted by Crippen LogP contribution is 1.97. The molecule has 1 aromatic carbocycles. The Morgan fingerprint density at radius 1 is 1.50 bits per heavy atom. The van der Waals surface area contributed by atoms with E-state index in [1.54, 1.807) is 18.2 Å². The average molecular weight is 218 g/mol. The topological polar surface area (TPSA) is 76.3 Å². The van der Waals surface area contributed by atoms with Crippen LogP contribution in [0.25, 0.3) is 0 Å². The number of hydrogen-bond acceptors (Lipinski definition) is 4. The van der Waals surface area contributed by atoms with Crippen LogP contribution in [0.4, 0.5) is 0 Å². The Morgan fingerprint density at radius 2 is 2.25 bits per heavy atom. The van der Waals surface area contributed by atoms with E-state index in [1.807, 2.05) is 13.0 Å². The Labute approximate surface area is 95.7 Å². The summed E-state index contributed by atoms with van der Waals surface area (Å²) >= 11 is 0. The lowest BCUT2D eigenvalue weighted by atomic mass is 9.79. The van der Waals surface area contributed by atoms with E-state index < -0.39 is 7.12 Å². The molecular weight excluding hydrogens is 203 g/mol. The van der Waals surface area contributed by atoms with E-state index in [9.17, 15) is 0 Å². The van der Waals surface area contributed by atoms with Gasteiger partial charge < -0.3 is 15.4 Å². The van der Waals surface area contributed by atoms with Crippen LogP contribution in [0.15, 0.2) is 24.3 Å².